The minimum absolute atomic E-state index is 0.935. The Morgan fingerprint density at radius 1 is 1.05 bits per heavy atom. The molecule has 0 aliphatic carbocycles. The van der Waals surface area contributed by atoms with Gasteiger partial charge in [0, 0.05) is 31.2 Å². The molecular weight excluding hydrogens is 258 g/mol. The van der Waals surface area contributed by atoms with Crippen LogP contribution in [0.1, 0.15) is 18.9 Å². The predicted octanol–water partition coefficient (Wildman–Crippen LogP) is 3.58. The molecule has 0 saturated carbocycles. The Morgan fingerprint density at radius 2 is 1.81 bits per heavy atom. The number of rotatable bonds is 8. The highest BCUT2D eigenvalue weighted by atomic mass is 14.9. The van der Waals surface area contributed by atoms with Gasteiger partial charge in [-0.3, -0.25) is 4.98 Å². The fourth-order valence-electron chi connectivity index (χ4n) is 2.09. The first-order valence-corrected chi connectivity index (χ1v) is 7.41. The lowest BCUT2D eigenvalue weighted by Crippen LogP contribution is -2.19. The van der Waals surface area contributed by atoms with E-state index in [0.717, 1.165) is 31.7 Å². The van der Waals surface area contributed by atoms with Crippen LogP contribution in [0.5, 0.6) is 0 Å². The number of anilines is 1. The lowest BCUT2D eigenvalue weighted by atomic mass is 10.1. The highest BCUT2D eigenvalue weighted by Crippen LogP contribution is 2.05. The molecule has 2 aromatic rings. The van der Waals surface area contributed by atoms with Crippen molar-refractivity contribution in [2.24, 2.45) is 0 Å². The molecule has 0 aliphatic heterocycles. The highest BCUT2D eigenvalue weighted by Gasteiger charge is 1.93. The molecule has 1 aromatic carbocycles. The number of pyridine rings is 1. The fraction of sp³-hybridized carbons (Fsp3) is 0.278. The predicted molar refractivity (Wildman–Crippen MR) is 90.3 cm³/mol. The summed E-state index contributed by atoms with van der Waals surface area (Å²) in [6.45, 7) is 5.08. The number of hydrogen-bond donors (Lipinski definition) is 2. The fourth-order valence-corrected chi connectivity index (χ4v) is 2.09. The lowest BCUT2D eigenvalue weighted by Gasteiger charge is -2.07. The largest absolute Gasteiger partial charge is 0.385 e. The summed E-state index contributed by atoms with van der Waals surface area (Å²) in [5.74, 6) is 0. The van der Waals surface area contributed by atoms with Crippen molar-refractivity contribution < 1.29 is 0 Å². The van der Waals surface area contributed by atoms with E-state index >= 15 is 0 Å². The maximum absolute atomic E-state index is 4.00. The Kier molecular flexibility index (Phi) is 6.49. The summed E-state index contributed by atoms with van der Waals surface area (Å²) in [6.07, 6.45) is 6.93. The molecule has 0 bridgehead atoms. The highest BCUT2D eigenvalue weighted by molar-refractivity contribution is 5.52. The molecule has 2 N–H and O–H groups in total. The normalized spacial score (nSPS) is 11.4. The van der Waals surface area contributed by atoms with Crippen molar-refractivity contribution in [1.29, 1.82) is 0 Å². The van der Waals surface area contributed by atoms with Crippen molar-refractivity contribution in [2.45, 2.75) is 13.3 Å². The molecule has 0 saturated heterocycles. The van der Waals surface area contributed by atoms with Crippen LogP contribution in [0.3, 0.4) is 0 Å². The van der Waals surface area contributed by atoms with E-state index in [1.54, 1.807) is 12.4 Å². The van der Waals surface area contributed by atoms with E-state index in [2.05, 4.69) is 52.9 Å². The average molecular weight is 281 g/mol. The molecule has 3 nitrogen and oxygen atoms in total. The molecule has 21 heavy (non-hydrogen) atoms. The summed E-state index contributed by atoms with van der Waals surface area (Å²) >= 11 is 0. The summed E-state index contributed by atoms with van der Waals surface area (Å²) in [7, 11) is 0. The van der Waals surface area contributed by atoms with Crippen LogP contribution < -0.4 is 10.6 Å². The molecule has 110 valence electrons. The van der Waals surface area contributed by atoms with Crippen LogP contribution in [0.25, 0.3) is 6.08 Å². The van der Waals surface area contributed by atoms with Crippen LogP contribution in [-0.2, 0) is 0 Å². The monoisotopic (exact) mass is 281 g/mol. The van der Waals surface area contributed by atoms with Gasteiger partial charge in [0.05, 0.1) is 0 Å². The van der Waals surface area contributed by atoms with E-state index in [1.165, 1.54) is 11.1 Å². The second-order valence-electron chi connectivity index (χ2n) is 5.09. The molecule has 0 amide bonds. The Morgan fingerprint density at radius 3 is 2.57 bits per heavy atom. The first-order chi connectivity index (χ1) is 10.3. The maximum atomic E-state index is 4.00. The van der Waals surface area contributed by atoms with Gasteiger partial charge >= 0.3 is 0 Å². The maximum Gasteiger partial charge on any atom is 0.0371 e. The Hall–Kier alpha value is -2.13. The van der Waals surface area contributed by atoms with Crippen molar-refractivity contribution in [3.8, 4) is 0 Å². The second-order valence-corrected chi connectivity index (χ2v) is 5.09. The molecule has 0 spiro atoms. The Labute approximate surface area is 127 Å². The topological polar surface area (TPSA) is 37.0 Å². The number of hydrogen-bond acceptors (Lipinski definition) is 3. The van der Waals surface area contributed by atoms with Crippen molar-refractivity contribution in [3.63, 3.8) is 0 Å². The van der Waals surface area contributed by atoms with E-state index in [4.69, 9.17) is 0 Å². The van der Waals surface area contributed by atoms with Gasteiger partial charge in [0.2, 0.25) is 0 Å². The van der Waals surface area contributed by atoms with Crippen molar-refractivity contribution in [3.05, 3.63) is 66.0 Å². The van der Waals surface area contributed by atoms with Gasteiger partial charge in [0.25, 0.3) is 0 Å². The van der Waals surface area contributed by atoms with Crippen molar-refractivity contribution >= 4 is 11.8 Å². The summed E-state index contributed by atoms with van der Waals surface area (Å²) in [6, 6.07) is 14.4. The molecule has 1 heterocycles. The van der Waals surface area contributed by atoms with Gasteiger partial charge in [-0.2, -0.15) is 0 Å². The lowest BCUT2D eigenvalue weighted by molar-refractivity contribution is 0.699. The minimum atomic E-state index is 0.935. The molecule has 0 fully saturated rings. The van der Waals surface area contributed by atoms with Crippen LogP contribution in [0.4, 0.5) is 5.69 Å². The van der Waals surface area contributed by atoms with Crippen LogP contribution >= 0.6 is 0 Å². The van der Waals surface area contributed by atoms with Gasteiger partial charge < -0.3 is 10.6 Å². The zero-order chi connectivity index (χ0) is 14.8. The van der Waals surface area contributed by atoms with Gasteiger partial charge in [0.1, 0.15) is 0 Å². The molecule has 0 aliphatic rings. The van der Waals surface area contributed by atoms with Crippen LogP contribution in [-0.4, -0.2) is 24.6 Å². The van der Waals surface area contributed by atoms with Crippen LogP contribution in [0.15, 0.2) is 60.4 Å². The first-order valence-electron chi connectivity index (χ1n) is 7.41. The third-order valence-electron chi connectivity index (χ3n) is 3.16. The van der Waals surface area contributed by atoms with Crippen molar-refractivity contribution in [1.82, 2.24) is 10.3 Å². The third-order valence-corrected chi connectivity index (χ3v) is 3.16. The Bertz CT molecular complexity index is 535. The molecule has 2 rings (SSSR count). The molecule has 1 aromatic heterocycles. The van der Waals surface area contributed by atoms with Gasteiger partial charge in [-0.1, -0.05) is 42.0 Å². The van der Waals surface area contributed by atoms with Crippen LogP contribution in [0.2, 0.25) is 0 Å². The zero-order valence-electron chi connectivity index (χ0n) is 12.5. The van der Waals surface area contributed by atoms with Gasteiger partial charge in [-0.15, -0.1) is 0 Å². The second kappa shape index (κ2) is 8.93. The van der Waals surface area contributed by atoms with Gasteiger partial charge in [-0.25, -0.2) is 0 Å². The average Bonchev–Trinajstić information content (AvgIpc) is 2.53. The Balaban J connectivity index is 1.58. The van der Waals surface area contributed by atoms with Gasteiger partial charge in [0.15, 0.2) is 0 Å². The molecular formula is C18H23N3. The van der Waals surface area contributed by atoms with E-state index in [1.807, 2.05) is 18.2 Å². The quantitative estimate of drug-likeness (QED) is 0.726. The third kappa shape index (κ3) is 6.23. The van der Waals surface area contributed by atoms with Gasteiger partial charge in [-0.05, 0) is 37.6 Å². The summed E-state index contributed by atoms with van der Waals surface area (Å²) in [4.78, 5) is 4.00. The van der Waals surface area contributed by atoms with Crippen molar-refractivity contribution in [2.75, 3.05) is 25.0 Å². The first kappa shape index (κ1) is 15.3. The number of nitrogens with zero attached hydrogens (tertiary/aromatic N) is 1. The summed E-state index contributed by atoms with van der Waals surface area (Å²) in [5, 5.41) is 6.85. The molecule has 3 heteroatoms. The van der Waals surface area contributed by atoms with E-state index in [-0.39, 0.29) is 0 Å². The molecule has 0 radical (unpaired) electrons. The number of aromatic nitrogens is 1. The summed E-state index contributed by atoms with van der Waals surface area (Å²) in [5.41, 5.74) is 3.74. The smallest absolute Gasteiger partial charge is 0.0371 e. The molecule has 0 atom stereocenters. The van der Waals surface area contributed by atoms with E-state index in [9.17, 15) is 0 Å². The van der Waals surface area contributed by atoms with E-state index < -0.39 is 0 Å². The standard InChI is InChI=1S/C18H23N3/c1-16(14-17-6-3-2-4-7-17)15-20-10-5-11-21-18-8-12-19-13-9-18/h2-4,6-9,12-14,20H,5,10-11,15H2,1H3,(H,19,21)/b16-14-. The molecule has 0 unspecified atom stereocenters. The number of benzene rings is 1. The number of nitrogens with one attached hydrogen (secondary N) is 2. The minimum Gasteiger partial charge on any atom is -0.385 e. The SMILES string of the molecule is C/C(=C/c1ccccc1)CNCCCNc1ccncc1. The van der Waals surface area contributed by atoms with Crippen LogP contribution in [0, 0.1) is 0 Å². The summed E-state index contributed by atoms with van der Waals surface area (Å²) < 4.78 is 0. The van der Waals surface area contributed by atoms with E-state index in [0.29, 0.717) is 0 Å². The zero-order valence-corrected chi connectivity index (χ0v) is 12.5.